The van der Waals surface area contributed by atoms with Crippen LogP contribution in [0.2, 0.25) is 0 Å². The molecule has 0 spiro atoms. The number of aromatic nitrogens is 3. The predicted molar refractivity (Wildman–Crippen MR) is 71.9 cm³/mol. The minimum Gasteiger partial charge on any atom is -0.395 e. The zero-order valence-electron chi connectivity index (χ0n) is 10.1. The van der Waals surface area contributed by atoms with E-state index < -0.39 is 0 Å². The fourth-order valence-electron chi connectivity index (χ4n) is 1.74. The van der Waals surface area contributed by atoms with Crippen molar-refractivity contribution in [3.05, 3.63) is 23.2 Å². The smallest absolute Gasteiger partial charge is 0.180 e. The van der Waals surface area contributed by atoms with Crippen molar-refractivity contribution in [2.45, 2.75) is 0 Å². The molecule has 7 heteroatoms. The van der Waals surface area contributed by atoms with Gasteiger partial charge in [0.05, 0.1) is 13.2 Å². The fraction of sp³-hybridized carbons (Fsp3) is 0.455. The third-order valence-electron chi connectivity index (χ3n) is 2.56. The number of hydrogen-bond acceptors (Lipinski definition) is 5. The van der Waals surface area contributed by atoms with E-state index in [2.05, 4.69) is 25.9 Å². The standard InChI is InChI=1S/C11H15BrN4O2/c1-18-7-5-15(4-6-17)11-10-13-2-3-16(10)8-9(12)14-11/h2-3,8,17H,4-7H2,1H3. The van der Waals surface area contributed by atoms with Crippen molar-refractivity contribution in [2.24, 2.45) is 0 Å². The van der Waals surface area contributed by atoms with Gasteiger partial charge in [-0.15, -0.1) is 0 Å². The number of rotatable bonds is 6. The van der Waals surface area contributed by atoms with E-state index in [4.69, 9.17) is 9.84 Å². The molecule has 98 valence electrons. The summed E-state index contributed by atoms with van der Waals surface area (Å²) in [5.41, 5.74) is 0.766. The van der Waals surface area contributed by atoms with Crippen molar-refractivity contribution in [1.82, 2.24) is 14.4 Å². The SMILES string of the molecule is COCCN(CCO)c1nc(Br)cn2ccnc12. The van der Waals surface area contributed by atoms with Gasteiger partial charge in [0, 0.05) is 38.8 Å². The Balaban J connectivity index is 2.38. The lowest BCUT2D eigenvalue weighted by molar-refractivity contribution is 0.202. The monoisotopic (exact) mass is 314 g/mol. The van der Waals surface area contributed by atoms with Crippen molar-refractivity contribution < 1.29 is 9.84 Å². The lowest BCUT2D eigenvalue weighted by atomic mass is 10.4. The average molecular weight is 315 g/mol. The molecule has 0 unspecified atom stereocenters. The summed E-state index contributed by atoms with van der Waals surface area (Å²) in [7, 11) is 1.65. The summed E-state index contributed by atoms with van der Waals surface area (Å²) >= 11 is 3.38. The maximum atomic E-state index is 9.14. The van der Waals surface area contributed by atoms with Crippen LogP contribution in [0.3, 0.4) is 0 Å². The molecule has 2 heterocycles. The molecule has 0 bridgehead atoms. The number of ether oxygens (including phenoxy) is 1. The summed E-state index contributed by atoms with van der Waals surface area (Å²) in [5.74, 6) is 0.737. The molecule has 18 heavy (non-hydrogen) atoms. The van der Waals surface area contributed by atoms with E-state index in [0.29, 0.717) is 19.7 Å². The van der Waals surface area contributed by atoms with E-state index in [0.717, 1.165) is 16.1 Å². The summed E-state index contributed by atoms with van der Waals surface area (Å²) in [6, 6.07) is 0. The highest BCUT2D eigenvalue weighted by atomic mass is 79.9. The van der Waals surface area contributed by atoms with Crippen molar-refractivity contribution >= 4 is 27.4 Å². The van der Waals surface area contributed by atoms with E-state index in [-0.39, 0.29) is 6.61 Å². The highest BCUT2D eigenvalue weighted by Gasteiger charge is 2.14. The highest BCUT2D eigenvalue weighted by Crippen LogP contribution is 2.20. The average Bonchev–Trinajstić information content (AvgIpc) is 2.81. The molecule has 1 N–H and O–H groups in total. The van der Waals surface area contributed by atoms with Crippen LogP contribution in [0.5, 0.6) is 0 Å². The summed E-state index contributed by atoms with van der Waals surface area (Å²) < 4.78 is 7.69. The molecule has 0 aliphatic carbocycles. The maximum absolute atomic E-state index is 9.14. The lowest BCUT2D eigenvalue weighted by Gasteiger charge is -2.22. The molecule has 0 saturated heterocycles. The first-order chi connectivity index (χ1) is 8.76. The minimum absolute atomic E-state index is 0.0603. The van der Waals surface area contributed by atoms with Crippen LogP contribution in [0.1, 0.15) is 0 Å². The minimum atomic E-state index is 0.0603. The molecule has 2 rings (SSSR count). The second-order valence-electron chi connectivity index (χ2n) is 3.75. The van der Waals surface area contributed by atoms with Gasteiger partial charge in [-0.3, -0.25) is 0 Å². The van der Waals surface area contributed by atoms with E-state index in [1.54, 1.807) is 13.3 Å². The van der Waals surface area contributed by atoms with Gasteiger partial charge in [0.25, 0.3) is 0 Å². The van der Waals surface area contributed by atoms with Crippen molar-refractivity contribution in [1.29, 1.82) is 0 Å². The summed E-state index contributed by atoms with van der Waals surface area (Å²) in [5, 5.41) is 9.14. The number of halogens is 1. The molecule has 0 radical (unpaired) electrons. The topological polar surface area (TPSA) is 62.9 Å². The molecule has 0 aliphatic heterocycles. The van der Waals surface area contributed by atoms with E-state index in [9.17, 15) is 0 Å². The Morgan fingerprint density at radius 1 is 1.50 bits per heavy atom. The molecule has 0 aliphatic rings. The first-order valence-electron chi connectivity index (χ1n) is 5.60. The zero-order valence-corrected chi connectivity index (χ0v) is 11.7. The van der Waals surface area contributed by atoms with E-state index in [1.807, 2.05) is 21.7 Å². The molecular formula is C11H15BrN4O2. The van der Waals surface area contributed by atoms with Crippen LogP contribution in [-0.4, -0.2) is 52.9 Å². The Labute approximate surface area is 113 Å². The van der Waals surface area contributed by atoms with Crippen LogP contribution in [0.15, 0.2) is 23.2 Å². The molecule has 0 saturated carbocycles. The molecule has 2 aromatic rings. The third kappa shape index (κ3) is 2.80. The second kappa shape index (κ2) is 6.12. The molecule has 2 aromatic heterocycles. The van der Waals surface area contributed by atoms with Gasteiger partial charge in [-0.1, -0.05) is 0 Å². The molecular weight excluding hydrogens is 300 g/mol. The number of fused-ring (bicyclic) bond motifs is 1. The van der Waals surface area contributed by atoms with Crippen molar-refractivity contribution in [2.75, 3.05) is 38.3 Å². The number of imidazole rings is 1. The van der Waals surface area contributed by atoms with Gasteiger partial charge in [0.1, 0.15) is 4.60 Å². The van der Waals surface area contributed by atoms with Crippen LogP contribution in [0, 0.1) is 0 Å². The first-order valence-corrected chi connectivity index (χ1v) is 6.39. The first kappa shape index (κ1) is 13.3. The fourth-order valence-corrected chi connectivity index (χ4v) is 2.13. The van der Waals surface area contributed by atoms with Crippen molar-refractivity contribution in [3.8, 4) is 0 Å². The van der Waals surface area contributed by atoms with Crippen molar-refractivity contribution in [3.63, 3.8) is 0 Å². The Bertz CT molecular complexity index is 517. The van der Waals surface area contributed by atoms with Gasteiger partial charge in [0.15, 0.2) is 11.5 Å². The molecule has 0 atom stereocenters. The van der Waals surface area contributed by atoms with Gasteiger partial charge in [-0.05, 0) is 15.9 Å². The Morgan fingerprint density at radius 3 is 3.06 bits per heavy atom. The molecule has 0 aromatic carbocycles. The van der Waals surface area contributed by atoms with E-state index >= 15 is 0 Å². The normalized spacial score (nSPS) is 11.1. The summed E-state index contributed by atoms with van der Waals surface area (Å²) in [6.07, 6.45) is 5.43. The zero-order chi connectivity index (χ0) is 13.0. The number of aliphatic hydroxyl groups excluding tert-OH is 1. The van der Waals surface area contributed by atoms with Crippen LogP contribution in [0.25, 0.3) is 5.65 Å². The van der Waals surface area contributed by atoms with Gasteiger partial charge in [-0.2, -0.15) is 0 Å². The molecule has 0 amide bonds. The molecule has 0 fully saturated rings. The Morgan fingerprint density at radius 2 is 2.33 bits per heavy atom. The summed E-state index contributed by atoms with van der Waals surface area (Å²) in [6.45, 7) is 1.78. The summed E-state index contributed by atoms with van der Waals surface area (Å²) in [4.78, 5) is 10.7. The van der Waals surface area contributed by atoms with Crippen LogP contribution in [-0.2, 0) is 4.74 Å². The second-order valence-corrected chi connectivity index (χ2v) is 4.56. The van der Waals surface area contributed by atoms with Gasteiger partial charge >= 0.3 is 0 Å². The predicted octanol–water partition coefficient (Wildman–Crippen LogP) is 0.937. The number of anilines is 1. The lowest BCUT2D eigenvalue weighted by Crippen LogP contribution is -2.31. The largest absolute Gasteiger partial charge is 0.395 e. The van der Waals surface area contributed by atoms with Crippen LogP contribution in [0.4, 0.5) is 5.82 Å². The van der Waals surface area contributed by atoms with Crippen LogP contribution >= 0.6 is 15.9 Å². The number of aliphatic hydroxyl groups is 1. The van der Waals surface area contributed by atoms with Gasteiger partial charge in [-0.25, -0.2) is 9.97 Å². The quantitative estimate of drug-likeness (QED) is 0.859. The number of nitrogens with zero attached hydrogens (tertiary/aromatic N) is 4. The third-order valence-corrected chi connectivity index (χ3v) is 2.94. The number of hydrogen-bond donors (Lipinski definition) is 1. The maximum Gasteiger partial charge on any atom is 0.180 e. The van der Waals surface area contributed by atoms with Gasteiger partial charge in [0.2, 0.25) is 0 Å². The Kier molecular flexibility index (Phi) is 4.51. The highest BCUT2D eigenvalue weighted by molar-refractivity contribution is 9.10. The number of methoxy groups -OCH3 is 1. The van der Waals surface area contributed by atoms with Crippen LogP contribution < -0.4 is 4.90 Å². The van der Waals surface area contributed by atoms with Gasteiger partial charge < -0.3 is 19.1 Å². The Hall–Kier alpha value is -1.18. The molecule has 6 nitrogen and oxygen atoms in total. The van der Waals surface area contributed by atoms with E-state index in [1.165, 1.54) is 0 Å².